The van der Waals surface area contributed by atoms with Gasteiger partial charge in [-0.15, -0.1) is 0 Å². The van der Waals surface area contributed by atoms with Crippen LogP contribution in [-0.4, -0.2) is 11.9 Å². The van der Waals surface area contributed by atoms with E-state index in [1.54, 1.807) is 24.3 Å². The molecule has 0 saturated heterocycles. The van der Waals surface area contributed by atoms with Crippen molar-refractivity contribution in [2.45, 2.75) is 13.0 Å². The summed E-state index contributed by atoms with van der Waals surface area (Å²) in [7, 11) is 0. The quantitative estimate of drug-likeness (QED) is 0.759. The smallest absolute Gasteiger partial charge is 0.319 e. The molecule has 3 rings (SSSR count). The number of rotatable bonds is 3. The van der Waals surface area contributed by atoms with Crippen molar-refractivity contribution in [3.63, 3.8) is 0 Å². The predicted molar refractivity (Wildman–Crippen MR) is 93.5 cm³/mol. The molecule has 0 aromatic heterocycles. The monoisotopic (exact) mass is 377 g/mol. The number of nitrogens with one attached hydrogen (secondary N) is 3. The summed E-state index contributed by atoms with van der Waals surface area (Å²) in [5.74, 6) is -2.20. The highest BCUT2D eigenvalue weighted by atomic mass is 35.5. The van der Waals surface area contributed by atoms with Gasteiger partial charge in [0, 0.05) is 17.3 Å². The van der Waals surface area contributed by atoms with Gasteiger partial charge in [0.05, 0.1) is 22.3 Å². The summed E-state index contributed by atoms with van der Waals surface area (Å²) < 4.78 is 27.4. The minimum Gasteiger partial charge on any atom is -0.327 e. The van der Waals surface area contributed by atoms with E-state index in [1.807, 2.05) is 0 Å². The van der Waals surface area contributed by atoms with Gasteiger partial charge in [0.15, 0.2) is 0 Å². The molecule has 1 heterocycles. The maximum absolute atomic E-state index is 14.2. The average molecular weight is 378 g/mol. The summed E-state index contributed by atoms with van der Waals surface area (Å²) in [6.45, 7) is 1.52. The molecule has 0 aliphatic carbocycles. The first-order chi connectivity index (χ1) is 12.4. The Morgan fingerprint density at radius 2 is 1.92 bits per heavy atom. The van der Waals surface area contributed by atoms with E-state index in [-0.39, 0.29) is 16.8 Å². The third-order valence-electron chi connectivity index (χ3n) is 3.91. The van der Waals surface area contributed by atoms with Crippen LogP contribution in [0.15, 0.2) is 53.7 Å². The molecule has 1 aliphatic heterocycles. The maximum Gasteiger partial charge on any atom is 0.319 e. The van der Waals surface area contributed by atoms with Crippen molar-refractivity contribution in [3.05, 3.63) is 76.0 Å². The molecule has 1 aliphatic rings. The fourth-order valence-electron chi connectivity index (χ4n) is 2.72. The van der Waals surface area contributed by atoms with E-state index in [4.69, 9.17) is 11.6 Å². The number of carbonyl (C=O) groups excluding carboxylic acids is 2. The highest BCUT2D eigenvalue weighted by molar-refractivity contribution is 6.33. The summed E-state index contributed by atoms with van der Waals surface area (Å²) in [4.78, 5) is 24.6. The van der Waals surface area contributed by atoms with Crippen molar-refractivity contribution in [2.75, 3.05) is 5.32 Å². The number of urea groups is 1. The molecular formula is C18H14ClF2N3O2. The molecule has 1 unspecified atom stereocenters. The van der Waals surface area contributed by atoms with Crippen molar-refractivity contribution in [1.82, 2.24) is 10.6 Å². The summed E-state index contributed by atoms with van der Waals surface area (Å²) in [6, 6.07) is 7.90. The number of hydrogen-bond acceptors (Lipinski definition) is 2. The molecule has 8 heteroatoms. The first kappa shape index (κ1) is 17.9. The average Bonchev–Trinajstić information content (AvgIpc) is 2.56. The van der Waals surface area contributed by atoms with Gasteiger partial charge in [-0.25, -0.2) is 13.6 Å². The van der Waals surface area contributed by atoms with Gasteiger partial charge in [-0.2, -0.15) is 0 Å². The number of anilines is 1. The largest absolute Gasteiger partial charge is 0.327 e. The van der Waals surface area contributed by atoms with Gasteiger partial charge in [-0.3, -0.25) is 4.79 Å². The Morgan fingerprint density at radius 3 is 2.62 bits per heavy atom. The van der Waals surface area contributed by atoms with Crippen LogP contribution >= 0.6 is 11.6 Å². The number of halogens is 3. The lowest BCUT2D eigenvalue weighted by atomic mass is 9.94. The molecule has 0 bridgehead atoms. The number of benzene rings is 2. The Bertz CT molecular complexity index is 930. The van der Waals surface area contributed by atoms with E-state index >= 15 is 0 Å². The van der Waals surface area contributed by atoms with Crippen LogP contribution in [0.1, 0.15) is 18.5 Å². The lowest BCUT2D eigenvalue weighted by Crippen LogP contribution is -2.46. The standard InChI is InChI=1S/C18H14ClF2N3O2/c1-9-15(17(25)23-14-5-3-2-4-12(14)19)16(24-18(26)22-9)11-7-6-10(20)8-13(11)21/h2-8,16H,1H3,(H,23,25)(H2,22,24,26). The van der Waals surface area contributed by atoms with Crippen molar-refractivity contribution in [1.29, 1.82) is 0 Å². The van der Waals surface area contributed by atoms with E-state index in [9.17, 15) is 18.4 Å². The van der Waals surface area contributed by atoms with E-state index in [0.717, 1.165) is 6.07 Å². The van der Waals surface area contributed by atoms with Gasteiger partial charge >= 0.3 is 6.03 Å². The number of carbonyl (C=O) groups is 2. The van der Waals surface area contributed by atoms with Crippen LogP contribution in [0, 0.1) is 11.6 Å². The van der Waals surface area contributed by atoms with Gasteiger partial charge in [0.25, 0.3) is 5.91 Å². The number of hydrogen-bond donors (Lipinski definition) is 3. The maximum atomic E-state index is 14.2. The minimum atomic E-state index is -1.08. The molecule has 2 aromatic rings. The number of amides is 3. The van der Waals surface area contributed by atoms with E-state index in [1.165, 1.54) is 13.0 Å². The Hall–Kier alpha value is -2.93. The van der Waals surface area contributed by atoms with E-state index in [2.05, 4.69) is 16.0 Å². The zero-order valence-corrected chi connectivity index (χ0v) is 14.3. The highest BCUT2D eigenvalue weighted by Crippen LogP contribution is 2.30. The second-order valence-corrected chi connectivity index (χ2v) is 6.08. The second kappa shape index (κ2) is 7.13. The first-order valence-electron chi connectivity index (χ1n) is 7.66. The van der Waals surface area contributed by atoms with Gasteiger partial charge in [0.2, 0.25) is 0 Å². The zero-order valence-electron chi connectivity index (χ0n) is 13.6. The number of para-hydroxylation sites is 1. The summed E-state index contributed by atoms with van der Waals surface area (Å²) >= 11 is 6.05. The van der Waals surface area contributed by atoms with Crippen LogP contribution in [0.2, 0.25) is 5.02 Å². The normalized spacial score (nSPS) is 16.8. The first-order valence-corrected chi connectivity index (χ1v) is 8.03. The SMILES string of the molecule is CC1=C(C(=O)Nc2ccccc2Cl)C(c2ccc(F)cc2F)NC(=O)N1. The molecule has 134 valence electrons. The van der Waals surface area contributed by atoms with Crippen LogP contribution < -0.4 is 16.0 Å². The molecule has 5 nitrogen and oxygen atoms in total. The van der Waals surface area contributed by atoms with Crippen LogP contribution in [0.4, 0.5) is 19.3 Å². The Kier molecular flexibility index (Phi) is 4.90. The van der Waals surface area contributed by atoms with Crippen LogP contribution in [-0.2, 0) is 4.79 Å². The van der Waals surface area contributed by atoms with Gasteiger partial charge in [-0.1, -0.05) is 29.8 Å². The predicted octanol–water partition coefficient (Wildman–Crippen LogP) is 3.88. The molecule has 26 heavy (non-hydrogen) atoms. The van der Waals surface area contributed by atoms with Crippen molar-refractivity contribution >= 4 is 29.2 Å². The molecule has 3 amide bonds. The Morgan fingerprint density at radius 1 is 1.19 bits per heavy atom. The molecule has 1 atom stereocenters. The van der Waals surface area contributed by atoms with E-state index < -0.39 is 29.6 Å². The zero-order chi connectivity index (χ0) is 18.8. The van der Waals surface area contributed by atoms with Crippen LogP contribution in [0.5, 0.6) is 0 Å². The summed E-state index contributed by atoms with van der Waals surface area (Å²) in [5.41, 5.74) is 0.696. The second-order valence-electron chi connectivity index (χ2n) is 5.67. The fraction of sp³-hybridized carbons (Fsp3) is 0.111. The number of allylic oxidation sites excluding steroid dienone is 1. The third-order valence-corrected chi connectivity index (χ3v) is 4.24. The van der Waals surface area contributed by atoms with Crippen LogP contribution in [0.3, 0.4) is 0 Å². The summed E-state index contributed by atoms with van der Waals surface area (Å²) in [5, 5.41) is 7.94. The van der Waals surface area contributed by atoms with Crippen molar-refractivity contribution < 1.29 is 18.4 Å². The minimum absolute atomic E-state index is 0.0232. The molecule has 0 fully saturated rings. The topological polar surface area (TPSA) is 70.2 Å². The third kappa shape index (κ3) is 3.52. The Labute approximate surface area is 153 Å². The van der Waals surface area contributed by atoms with Crippen molar-refractivity contribution in [3.8, 4) is 0 Å². The molecule has 2 aromatic carbocycles. The van der Waals surface area contributed by atoms with Crippen molar-refractivity contribution in [2.24, 2.45) is 0 Å². The highest BCUT2D eigenvalue weighted by Gasteiger charge is 2.33. The molecule has 0 saturated carbocycles. The van der Waals surface area contributed by atoms with Gasteiger partial charge in [0.1, 0.15) is 11.6 Å². The van der Waals surface area contributed by atoms with E-state index in [0.29, 0.717) is 16.8 Å². The molecule has 0 spiro atoms. The molecular weight excluding hydrogens is 364 g/mol. The molecule has 0 radical (unpaired) electrons. The van der Waals surface area contributed by atoms with Gasteiger partial charge in [-0.05, 0) is 25.1 Å². The fourth-order valence-corrected chi connectivity index (χ4v) is 2.90. The summed E-state index contributed by atoms with van der Waals surface area (Å²) in [6.07, 6.45) is 0. The van der Waals surface area contributed by atoms with Gasteiger partial charge < -0.3 is 16.0 Å². The lowest BCUT2D eigenvalue weighted by Gasteiger charge is -2.29. The lowest BCUT2D eigenvalue weighted by molar-refractivity contribution is -0.113. The van der Waals surface area contributed by atoms with Crippen LogP contribution in [0.25, 0.3) is 0 Å². The molecule has 3 N–H and O–H groups in total. The Balaban J connectivity index is 2.00.